The molecular weight excluding hydrogens is 344 g/mol. The molecule has 3 atom stereocenters. The van der Waals surface area contributed by atoms with Gasteiger partial charge in [-0.1, -0.05) is 79.8 Å². The summed E-state index contributed by atoms with van der Waals surface area (Å²) in [4.78, 5) is 10.4. The van der Waals surface area contributed by atoms with Gasteiger partial charge in [0.1, 0.15) is 0 Å². The highest BCUT2D eigenvalue weighted by molar-refractivity contribution is 5.66. The van der Waals surface area contributed by atoms with Crippen molar-refractivity contribution in [3.8, 4) is 0 Å². The van der Waals surface area contributed by atoms with Crippen molar-refractivity contribution in [2.75, 3.05) is 0 Å². The Bertz CT molecular complexity index is 555. The molecule has 0 spiro atoms. The van der Waals surface area contributed by atoms with E-state index >= 15 is 0 Å². The maximum absolute atomic E-state index is 10.4. The van der Waals surface area contributed by atoms with Crippen molar-refractivity contribution in [2.24, 2.45) is 0 Å². The van der Waals surface area contributed by atoms with Crippen LogP contribution in [0.2, 0.25) is 0 Å². The molecule has 5 nitrogen and oxygen atoms in total. The molecule has 0 bridgehead atoms. The first-order valence-electron chi connectivity index (χ1n) is 9.21. The summed E-state index contributed by atoms with van der Waals surface area (Å²) in [6.07, 6.45) is 21.2. The van der Waals surface area contributed by atoms with Gasteiger partial charge in [0, 0.05) is 6.42 Å². The molecule has 0 aromatic carbocycles. The summed E-state index contributed by atoms with van der Waals surface area (Å²) in [5, 5.41) is 37.5. The highest BCUT2D eigenvalue weighted by Crippen LogP contribution is 2.00. The third-order valence-corrected chi connectivity index (χ3v) is 3.39. The van der Waals surface area contributed by atoms with Crippen LogP contribution in [0.4, 0.5) is 0 Å². The maximum atomic E-state index is 10.4. The van der Waals surface area contributed by atoms with E-state index in [0.29, 0.717) is 12.8 Å². The second kappa shape index (κ2) is 17.2. The molecule has 0 saturated carbocycles. The van der Waals surface area contributed by atoms with Gasteiger partial charge >= 0.3 is 5.97 Å². The molecule has 4 N–H and O–H groups in total. The van der Waals surface area contributed by atoms with Gasteiger partial charge in [-0.25, -0.2) is 0 Å². The van der Waals surface area contributed by atoms with Crippen LogP contribution in [-0.4, -0.2) is 44.7 Å². The third kappa shape index (κ3) is 18.4. The topological polar surface area (TPSA) is 98.0 Å². The smallest absolute Gasteiger partial charge is 0.303 e. The average Bonchev–Trinajstić information content (AvgIpc) is 2.62. The van der Waals surface area contributed by atoms with Gasteiger partial charge in [0.15, 0.2) is 0 Å². The number of carboxylic acids is 1. The van der Waals surface area contributed by atoms with E-state index in [4.69, 9.17) is 5.11 Å². The van der Waals surface area contributed by atoms with Gasteiger partial charge in [-0.15, -0.1) is 0 Å². The first-order chi connectivity index (χ1) is 13.0. The lowest BCUT2D eigenvalue weighted by atomic mass is 10.2. The Kier molecular flexibility index (Phi) is 15.8. The number of carboxylic acid groups (broad SMARTS) is 1. The molecule has 0 fully saturated rings. The molecule has 5 heteroatoms. The Balaban J connectivity index is 4.01. The molecule has 0 aromatic rings. The van der Waals surface area contributed by atoms with Gasteiger partial charge in [-0.3, -0.25) is 4.79 Å². The van der Waals surface area contributed by atoms with Gasteiger partial charge in [0.05, 0.1) is 18.3 Å². The van der Waals surface area contributed by atoms with E-state index in [9.17, 15) is 20.1 Å². The molecule has 0 aliphatic rings. The number of hydrogen-bond donors (Lipinski definition) is 4. The summed E-state index contributed by atoms with van der Waals surface area (Å²) >= 11 is 0. The molecule has 0 saturated heterocycles. The molecule has 150 valence electrons. The first-order valence-corrected chi connectivity index (χ1v) is 9.21. The molecule has 0 amide bonds. The first kappa shape index (κ1) is 24.8. The van der Waals surface area contributed by atoms with Gasteiger partial charge in [0.25, 0.3) is 0 Å². The van der Waals surface area contributed by atoms with Crippen molar-refractivity contribution in [1.82, 2.24) is 0 Å². The minimum Gasteiger partial charge on any atom is -0.481 e. The minimum atomic E-state index is -0.931. The summed E-state index contributed by atoms with van der Waals surface area (Å²) in [6.45, 7) is 2.04. The van der Waals surface area contributed by atoms with Crippen molar-refractivity contribution < 1.29 is 25.2 Å². The third-order valence-electron chi connectivity index (χ3n) is 3.39. The van der Waals surface area contributed by atoms with Gasteiger partial charge < -0.3 is 20.4 Å². The lowest BCUT2D eigenvalue weighted by Crippen LogP contribution is -2.05. The van der Waals surface area contributed by atoms with Crippen LogP contribution in [0, 0.1) is 0 Å². The normalized spacial score (nSPS) is 16.6. The Labute approximate surface area is 162 Å². The minimum absolute atomic E-state index is 0.0705. The van der Waals surface area contributed by atoms with Crippen LogP contribution in [0.25, 0.3) is 0 Å². The maximum Gasteiger partial charge on any atom is 0.303 e. The lowest BCUT2D eigenvalue weighted by molar-refractivity contribution is -0.137. The SMILES string of the molecule is CC/C=C\C[C@H](O)/C=C/C=C\C[C@@H](O)/C=C/C=C/C=C\[C@@H](O)CCC(=O)O. The molecule has 0 unspecified atom stereocenters. The second-order valence-corrected chi connectivity index (χ2v) is 5.95. The standard InChI is InChI=1S/C22H32O5/c1-2-3-7-12-19(23)14-10-6-11-15-20(24)13-8-4-5-9-16-21(25)17-18-22(26)27/h3-11,13-14,16,19-21,23-25H,2,12,15,17-18H2,1H3,(H,26,27)/b5-4+,7-3-,11-6-,13-8+,14-10+,16-9-/t19-,20-,21+/m0/s1. The molecule has 0 rings (SSSR count). The molecule has 0 radical (unpaired) electrons. The second-order valence-electron chi connectivity index (χ2n) is 5.95. The van der Waals surface area contributed by atoms with E-state index in [1.807, 2.05) is 25.2 Å². The molecule has 27 heavy (non-hydrogen) atoms. The van der Waals surface area contributed by atoms with Crippen molar-refractivity contribution in [2.45, 2.75) is 57.3 Å². The lowest BCUT2D eigenvalue weighted by Gasteiger charge is -2.00. The van der Waals surface area contributed by atoms with E-state index in [1.54, 1.807) is 48.6 Å². The zero-order chi connectivity index (χ0) is 20.3. The number of carbonyl (C=O) groups is 1. The van der Waals surface area contributed by atoms with Crippen LogP contribution in [0.15, 0.2) is 72.9 Å². The van der Waals surface area contributed by atoms with Crippen LogP contribution in [-0.2, 0) is 4.79 Å². The zero-order valence-electron chi connectivity index (χ0n) is 15.9. The summed E-state index contributed by atoms with van der Waals surface area (Å²) in [6, 6.07) is 0. The van der Waals surface area contributed by atoms with E-state index in [2.05, 4.69) is 0 Å². The van der Waals surface area contributed by atoms with Crippen LogP contribution in [0.5, 0.6) is 0 Å². The quantitative estimate of drug-likeness (QED) is 0.275. The number of allylic oxidation sites excluding steroid dienone is 7. The van der Waals surface area contributed by atoms with E-state index < -0.39 is 24.3 Å². The summed E-state index contributed by atoms with van der Waals surface area (Å²) in [5.74, 6) is -0.931. The average molecular weight is 376 g/mol. The predicted octanol–water partition coefficient (Wildman–Crippen LogP) is 3.46. The highest BCUT2D eigenvalue weighted by atomic mass is 16.4. The van der Waals surface area contributed by atoms with Crippen LogP contribution in [0.3, 0.4) is 0 Å². The Morgan fingerprint density at radius 1 is 0.741 bits per heavy atom. The van der Waals surface area contributed by atoms with Gasteiger partial charge in [-0.05, 0) is 25.7 Å². The van der Waals surface area contributed by atoms with Gasteiger partial charge in [-0.2, -0.15) is 0 Å². The fraction of sp³-hybridized carbons (Fsp3) is 0.409. The largest absolute Gasteiger partial charge is 0.481 e. The fourth-order valence-electron chi connectivity index (χ4n) is 1.93. The van der Waals surface area contributed by atoms with Crippen LogP contribution in [0.1, 0.15) is 39.0 Å². The Morgan fingerprint density at radius 2 is 1.26 bits per heavy atom. The number of rotatable bonds is 14. The zero-order valence-corrected chi connectivity index (χ0v) is 15.9. The van der Waals surface area contributed by atoms with Crippen LogP contribution >= 0.6 is 0 Å². The monoisotopic (exact) mass is 376 g/mol. The highest BCUT2D eigenvalue weighted by Gasteiger charge is 2.02. The molecular formula is C22H32O5. The van der Waals surface area contributed by atoms with Crippen molar-refractivity contribution in [3.05, 3.63) is 72.9 Å². The number of aliphatic hydroxyl groups is 3. The van der Waals surface area contributed by atoms with Crippen molar-refractivity contribution in [1.29, 1.82) is 0 Å². The van der Waals surface area contributed by atoms with E-state index in [-0.39, 0.29) is 12.8 Å². The molecule has 0 aliphatic heterocycles. The Morgan fingerprint density at radius 3 is 1.81 bits per heavy atom. The Hall–Kier alpha value is -2.21. The van der Waals surface area contributed by atoms with Crippen LogP contribution < -0.4 is 0 Å². The number of hydrogen-bond acceptors (Lipinski definition) is 4. The van der Waals surface area contributed by atoms with E-state index in [0.717, 1.165) is 6.42 Å². The van der Waals surface area contributed by atoms with Crippen molar-refractivity contribution in [3.63, 3.8) is 0 Å². The molecule has 0 aliphatic carbocycles. The van der Waals surface area contributed by atoms with Gasteiger partial charge in [0.2, 0.25) is 0 Å². The molecule has 0 aromatic heterocycles. The predicted molar refractivity (Wildman–Crippen MR) is 109 cm³/mol. The van der Waals surface area contributed by atoms with Crippen molar-refractivity contribution >= 4 is 5.97 Å². The molecule has 0 heterocycles. The summed E-state index contributed by atoms with van der Waals surface area (Å²) in [7, 11) is 0. The summed E-state index contributed by atoms with van der Waals surface area (Å²) in [5.41, 5.74) is 0. The summed E-state index contributed by atoms with van der Waals surface area (Å²) < 4.78 is 0. The fourth-order valence-corrected chi connectivity index (χ4v) is 1.93. The number of aliphatic hydroxyl groups excluding tert-OH is 3. The van der Waals surface area contributed by atoms with E-state index in [1.165, 1.54) is 6.08 Å². The number of aliphatic carboxylic acids is 1.